The fraction of sp³-hybridized carbons (Fsp3) is 0.562. The molecule has 0 heterocycles. The average molecular weight is 434 g/mol. The third-order valence-corrected chi connectivity index (χ3v) is 4.59. The first-order valence-electron chi connectivity index (χ1n) is 7.44. The van der Waals surface area contributed by atoms with Crippen LogP contribution < -0.4 is 10.6 Å². The van der Waals surface area contributed by atoms with Gasteiger partial charge in [0.25, 0.3) is 0 Å². The molecule has 122 valence electrons. The molecule has 2 rings (SSSR count). The Labute approximate surface area is 148 Å². The van der Waals surface area contributed by atoms with Crippen LogP contribution in [0, 0.1) is 0 Å². The SMILES string of the molecule is CC(C)(C)OC(=O)NC1CCC(Nc2ccc(Br)cc2Br)C1. The van der Waals surface area contributed by atoms with Gasteiger partial charge >= 0.3 is 6.09 Å². The van der Waals surface area contributed by atoms with Gasteiger partial charge in [0.1, 0.15) is 5.60 Å². The van der Waals surface area contributed by atoms with Gasteiger partial charge in [0.2, 0.25) is 0 Å². The molecule has 1 aliphatic carbocycles. The highest BCUT2D eigenvalue weighted by atomic mass is 79.9. The van der Waals surface area contributed by atoms with Gasteiger partial charge in [-0.25, -0.2) is 4.79 Å². The second kappa shape index (κ2) is 7.21. The van der Waals surface area contributed by atoms with Crippen molar-refractivity contribution >= 4 is 43.6 Å². The normalized spacial score (nSPS) is 21.5. The number of anilines is 1. The van der Waals surface area contributed by atoms with Crippen LogP contribution in [0.15, 0.2) is 27.1 Å². The van der Waals surface area contributed by atoms with E-state index in [4.69, 9.17) is 4.74 Å². The summed E-state index contributed by atoms with van der Waals surface area (Å²) in [5.41, 5.74) is 0.619. The van der Waals surface area contributed by atoms with Crippen molar-refractivity contribution in [2.24, 2.45) is 0 Å². The van der Waals surface area contributed by atoms with E-state index in [0.717, 1.165) is 33.9 Å². The Morgan fingerprint density at radius 3 is 2.55 bits per heavy atom. The third kappa shape index (κ3) is 5.47. The first-order chi connectivity index (χ1) is 10.2. The molecule has 22 heavy (non-hydrogen) atoms. The highest BCUT2D eigenvalue weighted by Gasteiger charge is 2.27. The molecule has 4 nitrogen and oxygen atoms in total. The number of halogens is 2. The van der Waals surface area contributed by atoms with E-state index in [1.54, 1.807) is 0 Å². The van der Waals surface area contributed by atoms with E-state index in [-0.39, 0.29) is 12.1 Å². The molecule has 1 aliphatic rings. The van der Waals surface area contributed by atoms with Crippen molar-refractivity contribution in [3.8, 4) is 0 Å². The molecule has 2 atom stereocenters. The minimum Gasteiger partial charge on any atom is -0.444 e. The molecular weight excluding hydrogens is 412 g/mol. The van der Waals surface area contributed by atoms with Gasteiger partial charge in [-0.1, -0.05) is 15.9 Å². The number of rotatable bonds is 3. The Hall–Kier alpha value is -0.750. The lowest BCUT2D eigenvalue weighted by molar-refractivity contribution is 0.0505. The number of nitrogens with one attached hydrogen (secondary N) is 2. The van der Waals surface area contributed by atoms with E-state index < -0.39 is 5.60 Å². The van der Waals surface area contributed by atoms with E-state index in [0.29, 0.717) is 6.04 Å². The predicted octanol–water partition coefficient (Wildman–Crippen LogP) is 5.07. The molecule has 1 aromatic rings. The van der Waals surface area contributed by atoms with Crippen molar-refractivity contribution in [3.05, 3.63) is 27.1 Å². The Morgan fingerprint density at radius 2 is 1.91 bits per heavy atom. The molecule has 1 amide bonds. The van der Waals surface area contributed by atoms with E-state index in [9.17, 15) is 4.79 Å². The van der Waals surface area contributed by atoms with E-state index >= 15 is 0 Å². The quantitative estimate of drug-likeness (QED) is 0.699. The zero-order valence-corrected chi connectivity index (χ0v) is 16.3. The highest BCUT2D eigenvalue weighted by Crippen LogP contribution is 2.30. The van der Waals surface area contributed by atoms with Gasteiger partial charge in [0, 0.05) is 26.7 Å². The molecule has 0 bridgehead atoms. The molecule has 1 aromatic carbocycles. The Balaban J connectivity index is 1.84. The van der Waals surface area contributed by atoms with Crippen molar-refractivity contribution < 1.29 is 9.53 Å². The molecule has 2 unspecified atom stereocenters. The molecule has 6 heteroatoms. The number of hydrogen-bond acceptors (Lipinski definition) is 3. The van der Waals surface area contributed by atoms with Crippen LogP contribution >= 0.6 is 31.9 Å². The smallest absolute Gasteiger partial charge is 0.407 e. The number of alkyl carbamates (subject to hydrolysis) is 1. The highest BCUT2D eigenvalue weighted by molar-refractivity contribution is 9.11. The van der Waals surface area contributed by atoms with Gasteiger partial charge in [-0.2, -0.15) is 0 Å². The lowest BCUT2D eigenvalue weighted by Gasteiger charge is -2.22. The fourth-order valence-electron chi connectivity index (χ4n) is 2.54. The fourth-order valence-corrected chi connectivity index (χ4v) is 3.71. The second-order valence-corrected chi connectivity index (χ2v) is 8.39. The zero-order chi connectivity index (χ0) is 16.3. The number of amides is 1. The summed E-state index contributed by atoms with van der Waals surface area (Å²) >= 11 is 7.01. The predicted molar refractivity (Wildman–Crippen MR) is 96.3 cm³/mol. The zero-order valence-electron chi connectivity index (χ0n) is 13.1. The van der Waals surface area contributed by atoms with Crippen molar-refractivity contribution in [2.75, 3.05) is 5.32 Å². The Morgan fingerprint density at radius 1 is 1.23 bits per heavy atom. The molecule has 0 aromatic heterocycles. The lowest BCUT2D eigenvalue weighted by Crippen LogP contribution is -2.38. The maximum atomic E-state index is 11.8. The van der Waals surface area contributed by atoms with Gasteiger partial charge in [0.05, 0.1) is 0 Å². The van der Waals surface area contributed by atoms with E-state index in [1.165, 1.54) is 0 Å². The molecule has 0 spiro atoms. The van der Waals surface area contributed by atoms with Gasteiger partial charge in [-0.15, -0.1) is 0 Å². The number of benzene rings is 1. The van der Waals surface area contributed by atoms with Crippen LogP contribution in [-0.2, 0) is 4.74 Å². The van der Waals surface area contributed by atoms with Crippen molar-refractivity contribution in [3.63, 3.8) is 0 Å². The van der Waals surface area contributed by atoms with Crippen LogP contribution in [0.3, 0.4) is 0 Å². The summed E-state index contributed by atoms with van der Waals surface area (Å²) in [4.78, 5) is 11.8. The van der Waals surface area contributed by atoms with Crippen LogP contribution in [0.1, 0.15) is 40.0 Å². The standard InChI is InChI=1S/C16H22Br2N2O2/c1-16(2,3)22-15(21)20-12-6-5-11(9-12)19-14-7-4-10(17)8-13(14)18/h4,7-8,11-12,19H,5-6,9H2,1-3H3,(H,20,21). The summed E-state index contributed by atoms with van der Waals surface area (Å²) in [5.74, 6) is 0. The van der Waals surface area contributed by atoms with Crippen molar-refractivity contribution in [1.82, 2.24) is 5.32 Å². The van der Waals surface area contributed by atoms with Crippen LogP contribution in [0.4, 0.5) is 10.5 Å². The van der Waals surface area contributed by atoms with Gasteiger partial charge in [-0.05, 0) is 74.2 Å². The van der Waals surface area contributed by atoms with E-state index in [2.05, 4.69) is 42.5 Å². The molecule has 1 saturated carbocycles. The summed E-state index contributed by atoms with van der Waals surface area (Å²) < 4.78 is 7.38. The summed E-state index contributed by atoms with van der Waals surface area (Å²) in [6.45, 7) is 5.62. The summed E-state index contributed by atoms with van der Waals surface area (Å²) in [5, 5.41) is 6.48. The minimum atomic E-state index is -0.456. The first-order valence-corrected chi connectivity index (χ1v) is 9.02. The number of carbonyl (C=O) groups is 1. The number of ether oxygens (including phenoxy) is 1. The monoisotopic (exact) mass is 432 g/mol. The summed E-state index contributed by atoms with van der Waals surface area (Å²) in [6.07, 6.45) is 2.57. The van der Waals surface area contributed by atoms with E-state index in [1.807, 2.05) is 39.0 Å². The van der Waals surface area contributed by atoms with Gasteiger partial charge in [0.15, 0.2) is 0 Å². The minimum absolute atomic E-state index is 0.168. The van der Waals surface area contributed by atoms with Crippen LogP contribution in [0.25, 0.3) is 0 Å². The molecule has 2 N–H and O–H groups in total. The Bertz CT molecular complexity index is 543. The van der Waals surface area contributed by atoms with Crippen LogP contribution in [-0.4, -0.2) is 23.8 Å². The number of hydrogen-bond donors (Lipinski definition) is 2. The maximum absolute atomic E-state index is 11.8. The molecule has 0 radical (unpaired) electrons. The largest absolute Gasteiger partial charge is 0.444 e. The summed E-state index contributed by atoms with van der Waals surface area (Å²) in [6, 6.07) is 6.61. The van der Waals surface area contributed by atoms with Crippen molar-refractivity contribution in [1.29, 1.82) is 0 Å². The second-order valence-electron chi connectivity index (χ2n) is 6.62. The number of carbonyl (C=O) groups excluding carboxylic acids is 1. The third-order valence-electron chi connectivity index (χ3n) is 3.44. The molecule has 1 fully saturated rings. The Kier molecular flexibility index (Phi) is 5.77. The molecule has 0 aliphatic heterocycles. The van der Waals surface area contributed by atoms with Crippen molar-refractivity contribution in [2.45, 2.75) is 57.7 Å². The summed E-state index contributed by atoms with van der Waals surface area (Å²) in [7, 11) is 0. The lowest BCUT2D eigenvalue weighted by atomic mass is 10.2. The average Bonchev–Trinajstić information content (AvgIpc) is 2.77. The molecular formula is C16H22Br2N2O2. The first kappa shape index (κ1) is 17.6. The van der Waals surface area contributed by atoms with Gasteiger partial charge < -0.3 is 15.4 Å². The topological polar surface area (TPSA) is 50.4 Å². The van der Waals surface area contributed by atoms with Gasteiger partial charge in [-0.3, -0.25) is 0 Å². The molecule has 0 saturated heterocycles. The van der Waals surface area contributed by atoms with Crippen LogP contribution in [0.5, 0.6) is 0 Å². The maximum Gasteiger partial charge on any atom is 0.407 e. The van der Waals surface area contributed by atoms with Crippen LogP contribution in [0.2, 0.25) is 0 Å².